The molecule has 0 spiro atoms. The number of carbonyl (C=O) groups is 2. The van der Waals surface area contributed by atoms with Gasteiger partial charge in [-0.05, 0) is 37.1 Å². The molecule has 5 nitrogen and oxygen atoms in total. The average molecular weight is 412 g/mol. The van der Waals surface area contributed by atoms with Gasteiger partial charge in [0.1, 0.15) is 0 Å². The number of benzene rings is 2. The Morgan fingerprint density at radius 3 is 2.75 bits per heavy atom. The number of thiazole rings is 1. The van der Waals surface area contributed by atoms with Gasteiger partial charge in [0.15, 0.2) is 4.34 Å². The van der Waals surface area contributed by atoms with E-state index in [-0.39, 0.29) is 17.7 Å². The third-order valence-electron chi connectivity index (χ3n) is 4.78. The molecule has 1 aliphatic heterocycles. The largest absolute Gasteiger partial charge is 0.341 e. The molecule has 0 radical (unpaired) electrons. The van der Waals surface area contributed by atoms with Crippen LogP contribution in [0.3, 0.4) is 0 Å². The van der Waals surface area contributed by atoms with Crippen LogP contribution in [0, 0.1) is 5.92 Å². The number of hydrogen-bond acceptors (Lipinski definition) is 5. The minimum atomic E-state index is -0.162. The second-order valence-corrected chi connectivity index (χ2v) is 9.02. The number of rotatable bonds is 5. The van der Waals surface area contributed by atoms with Crippen LogP contribution in [0.15, 0.2) is 58.9 Å². The number of nitrogens with one attached hydrogen (secondary N) is 1. The number of nitrogens with zero attached hydrogens (tertiary/aromatic N) is 2. The number of amides is 2. The molecule has 1 unspecified atom stereocenters. The van der Waals surface area contributed by atoms with Crippen molar-refractivity contribution in [3.8, 4) is 0 Å². The number of carbonyl (C=O) groups excluding carboxylic acids is 2. The summed E-state index contributed by atoms with van der Waals surface area (Å²) in [5.41, 5.74) is 1.76. The molecule has 1 saturated heterocycles. The molecule has 0 aliphatic carbocycles. The van der Waals surface area contributed by atoms with Gasteiger partial charge in [-0.1, -0.05) is 42.1 Å². The summed E-state index contributed by atoms with van der Waals surface area (Å²) in [6, 6.07) is 17.4. The highest BCUT2D eigenvalue weighted by Gasteiger charge is 2.28. The van der Waals surface area contributed by atoms with Crippen LogP contribution in [-0.4, -0.2) is 40.5 Å². The van der Waals surface area contributed by atoms with E-state index in [1.807, 2.05) is 59.5 Å². The first-order valence-electron chi connectivity index (χ1n) is 9.31. The van der Waals surface area contributed by atoms with Gasteiger partial charge in [0.25, 0.3) is 0 Å². The van der Waals surface area contributed by atoms with Crippen molar-refractivity contribution < 1.29 is 9.59 Å². The Labute approximate surface area is 172 Å². The lowest BCUT2D eigenvalue weighted by molar-refractivity contribution is -0.132. The smallest absolute Gasteiger partial charge is 0.233 e. The zero-order valence-electron chi connectivity index (χ0n) is 15.3. The van der Waals surface area contributed by atoms with Crippen LogP contribution in [0.4, 0.5) is 5.69 Å². The van der Waals surface area contributed by atoms with Crippen molar-refractivity contribution in [3.63, 3.8) is 0 Å². The molecule has 3 aromatic rings. The van der Waals surface area contributed by atoms with E-state index >= 15 is 0 Å². The van der Waals surface area contributed by atoms with Crippen molar-refractivity contribution in [1.29, 1.82) is 0 Å². The lowest BCUT2D eigenvalue weighted by Crippen LogP contribution is -2.44. The van der Waals surface area contributed by atoms with Crippen LogP contribution in [0.25, 0.3) is 10.2 Å². The van der Waals surface area contributed by atoms with E-state index in [1.54, 1.807) is 11.3 Å². The fourth-order valence-electron chi connectivity index (χ4n) is 3.31. The second-order valence-electron chi connectivity index (χ2n) is 6.77. The maximum atomic E-state index is 12.7. The molecule has 7 heteroatoms. The summed E-state index contributed by atoms with van der Waals surface area (Å²) in [4.78, 5) is 31.6. The van der Waals surface area contributed by atoms with Crippen molar-refractivity contribution in [3.05, 3.63) is 54.6 Å². The van der Waals surface area contributed by atoms with E-state index in [0.29, 0.717) is 18.8 Å². The monoisotopic (exact) mass is 411 g/mol. The first-order chi connectivity index (χ1) is 13.7. The van der Waals surface area contributed by atoms with Gasteiger partial charge >= 0.3 is 0 Å². The molecule has 1 atom stereocenters. The van der Waals surface area contributed by atoms with Gasteiger partial charge in [0.2, 0.25) is 11.8 Å². The van der Waals surface area contributed by atoms with Crippen molar-refractivity contribution in [2.45, 2.75) is 17.2 Å². The third kappa shape index (κ3) is 4.54. The van der Waals surface area contributed by atoms with Gasteiger partial charge in [0.05, 0.1) is 21.9 Å². The molecule has 28 heavy (non-hydrogen) atoms. The lowest BCUT2D eigenvalue weighted by Gasteiger charge is -2.32. The molecule has 2 amide bonds. The van der Waals surface area contributed by atoms with E-state index in [1.165, 1.54) is 11.8 Å². The Bertz CT molecular complexity index is 941. The zero-order chi connectivity index (χ0) is 19.3. The van der Waals surface area contributed by atoms with E-state index in [2.05, 4.69) is 10.3 Å². The minimum Gasteiger partial charge on any atom is -0.341 e. The van der Waals surface area contributed by atoms with Gasteiger partial charge in [-0.25, -0.2) is 4.98 Å². The Morgan fingerprint density at radius 1 is 1.14 bits per heavy atom. The predicted molar refractivity (Wildman–Crippen MR) is 115 cm³/mol. The molecule has 0 saturated carbocycles. The summed E-state index contributed by atoms with van der Waals surface area (Å²) in [7, 11) is 0. The first kappa shape index (κ1) is 19.0. The van der Waals surface area contributed by atoms with Crippen LogP contribution in [-0.2, 0) is 9.59 Å². The zero-order valence-corrected chi connectivity index (χ0v) is 17.0. The maximum Gasteiger partial charge on any atom is 0.233 e. The Morgan fingerprint density at radius 2 is 1.93 bits per heavy atom. The van der Waals surface area contributed by atoms with Crippen molar-refractivity contribution in [2.75, 3.05) is 24.2 Å². The molecule has 1 aliphatic rings. The fraction of sp³-hybridized carbons (Fsp3) is 0.286. The van der Waals surface area contributed by atoms with Crippen LogP contribution >= 0.6 is 23.1 Å². The van der Waals surface area contributed by atoms with Crippen LogP contribution in [0.5, 0.6) is 0 Å². The number of para-hydroxylation sites is 2. The quantitative estimate of drug-likeness (QED) is 0.637. The van der Waals surface area contributed by atoms with E-state index < -0.39 is 0 Å². The number of aromatic nitrogens is 1. The summed E-state index contributed by atoms with van der Waals surface area (Å²) in [5.74, 6) is 0.252. The molecule has 1 N–H and O–H groups in total. The molecular weight excluding hydrogens is 390 g/mol. The molecule has 1 fully saturated rings. The van der Waals surface area contributed by atoms with Gasteiger partial charge in [0, 0.05) is 18.8 Å². The number of fused-ring (bicyclic) bond motifs is 1. The molecule has 2 aromatic carbocycles. The average Bonchev–Trinajstić information content (AvgIpc) is 3.16. The standard InChI is InChI=1S/C21H21N3O2S2/c25-19(14-27-21-23-17-10-4-5-11-18(17)28-21)24-12-6-7-15(13-24)20(26)22-16-8-2-1-3-9-16/h1-5,8-11,15H,6-7,12-14H2,(H,22,26). The van der Waals surface area contributed by atoms with Gasteiger partial charge in [-0.15, -0.1) is 11.3 Å². The third-order valence-corrected chi connectivity index (χ3v) is 6.94. The van der Waals surface area contributed by atoms with E-state index in [0.717, 1.165) is 33.1 Å². The van der Waals surface area contributed by atoms with Crippen LogP contribution < -0.4 is 5.32 Å². The Balaban J connectivity index is 1.32. The Kier molecular flexibility index (Phi) is 5.92. The maximum absolute atomic E-state index is 12.7. The number of anilines is 1. The predicted octanol–water partition coefficient (Wildman–Crippen LogP) is 4.27. The van der Waals surface area contributed by atoms with Crippen molar-refractivity contribution in [2.24, 2.45) is 5.92 Å². The summed E-state index contributed by atoms with van der Waals surface area (Å²) < 4.78 is 2.04. The number of likely N-dealkylation sites (tertiary alicyclic amines) is 1. The summed E-state index contributed by atoms with van der Waals surface area (Å²) >= 11 is 3.09. The SMILES string of the molecule is O=C(Nc1ccccc1)C1CCCN(C(=O)CSc2nc3ccccc3s2)C1. The highest BCUT2D eigenvalue weighted by atomic mass is 32.2. The van der Waals surface area contributed by atoms with E-state index in [9.17, 15) is 9.59 Å². The Hall–Kier alpha value is -2.38. The first-order valence-corrected chi connectivity index (χ1v) is 11.1. The minimum absolute atomic E-state index is 0.0115. The summed E-state index contributed by atoms with van der Waals surface area (Å²) in [6.45, 7) is 1.20. The lowest BCUT2D eigenvalue weighted by atomic mass is 9.97. The highest BCUT2D eigenvalue weighted by molar-refractivity contribution is 8.01. The second kappa shape index (κ2) is 8.75. The van der Waals surface area contributed by atoms with Crippen LogP contribution in [0.2, 0.25) is 0 Å². The number of hydrogen-bond donors (Lipinski definition) is 1. The van der Waals surface area contributed by atoms with Gasteiger partial charge in [-0.3, -0.25) is 9.59 Å². The number of piperidine rings is 1. The van der Waals surface area contributed by atoms with Gasteiger partial charge in [-0.2, -0.15) is 0 Å². The molecule has 144 valence electrons. The van der Waals surface area contributed by atoms with Gasteiger partial charge < -0.3 is 10.2 Å². The van der Waals surface area contributed by atoms with E-state index in [4.69, 9.17) is 0 Å². The summed E-state index contributed by atoms with van der Waals surface area (Å²) in [6.07, 6.45) is 1.66. The molecule has 0 bridgehead atoms. The normalized spacial score (nSPS) is 16.9. The molecule has 2 heterocycles. The number of thioether (sulfide) groups is 1. The molecule has 1 aromatic heterocycles. The highest BCUT2D eigenvalue weighted by Crippen LogP contribution is 2.30. The summed E-state index contributed by atoms with van der Waals surface area (Å²) in [5, 5.41) is 2.95. The van der Waals surface area contributed by atoms with Crippen molar-refractivity contribution in [1.82, 2.24) is 9.88 Å². The molecular formula is C21H21N3O2S2. The van der Waals surface area contributed by atoms with Crippen LogP contribution in [0.1, 0.15) is 12.8 Å². The topological polar surface area (TPSA) is 62.3 Å². The fourth-order valence-corrected chi connectivity index (χ4v) is 5.28. The molecule has 4 rings (SSSR count). The van der Waals surface area contributed by atoms with Crippen molar-refractivity contribution >= 4 is 50.8 Å².